The van der Waals surface area contributed by atoms with E-state index in [-0.39, 0.29) is 0 Å². The number of nitrogens with zero attached hydrogens (tertiary/aromatic N) is 1. The Hall–Kier alpha value is -0.600. The SMILES string of the molecule is C1=CC[C@H]2C[N+]3(CCOCC3)CC2=C1. The first kappa shape index (κ1) is 8.69. The first-order valence-electron chi connectivity index (χ1n) is 5.66. The summed E-state index contributed by atoms with van der Waals surface area (Å²) in [6.07, 6.45) is 8.16. The highest BCUT2D eigenvalue weighted by molar-refractivity contribution is 5.23. The van der Waals surface area contributed by atoms with Gasteiger partial charge in [0.1, 0.15) is 19.6 Å². The highest BCUT2D eigenvalue weighted by Gasteiger charge is 2.42. The number of hydrogen-bond acceptors (Lipinski definition) is 1. The molecule has 0 aromatic heterocycles. The van der Waals surface area contributed by atoms with Crippen LogP contribution in [0.2, 0.25) is 0 Å². The Morgan fingerprint density at radius 2 is 2.14 bits per heavy atom. The van der Waals surface area contributed by atoms with Crippen LogP contribution in [0.4, 0.5) is 0 Å². The van der Waals surface area contributed by atoms with Gasteiger partial charge in [-0.2, -0.15) is 0 Å². The fourth-order valence-electron chi connectivity index (χ4n) is 3.09. The number of rotatable bonds is 0. The van der Waals surface area contributed by atoms with E-state index >= 15 is 0 Å². The largest absolute Gasteiger partial charge is 0.370 e. The van der Waals surface area contributed by atoms with Gasteiger partial charge >= 0.3 is 0 Å². The Bertz CT molecular complexity index is 287. The maximum Gasteiger partial charge on any atom is 0.103 e. The zero-order valence-corrected chi connectivity index (χ0v) is 8.61. The van der Waals surface area contributed by atoms with E-state index in [1.165, 1.54) is 37.1 Å². The Kier molecular flexibility index (Phi) is 1.99. The summed E-state index contributed by atoms with van der Waals surface area (Å²) in [4.78, 5) is 0. The minimum absolute atomic E-state index is 0.845. The van der Waals surface area contributed by atoms with Crippen LogP contribution < -0.4 is 0 Å². The molecular formula is C12H18NO+. The number of ether oxygens (including phenoxy) is 1. The molecule has 3 rings (SSSR count). The van der Waals surface area contributed by atoms with Gasteiger partial charge in [0.15, 0.2) is 0 Å². The highest BCUT2D eigenvalue weighted by Crippen LogP contribution is 2.34. The van der Waals surface area contributed by atoms with Crippen molar-refractivity contribution < 1.29 is 9.22 Å². The van der Waals surface area contributed by atoms with Gasteiger partial charge in [-0.05, 0) is 12.0 Å². The first-order chi connectivity index (χ1) is 6.88. The minimum Gasteiger partial charge on any atom is -0.370 e. The molecule has 0 bridgehead atoms. The molecule has 0 aromatic rings. The van der Waals surface area contributed by atoms with E-state index in [0.717, 1.165) is 19.1 Å². The fraction of sp³-hybridized carbons (Fsp3) is 0.667. The summed E-state index contributed by atoms with van der Waals surface area (Å²) in [5, 5.41) is 0. The molecule has 2 heterocycles. The summed E-state index contributed by atoms with van der Waals surface area (Å²) in [6.45, 7) is 7.04. The molecule has 0 radical (unpaired) electrons. The molecular weight excluding hydrogens is 174 g/mol. The predicted molar refractivity (Wildman–Crippen MR) is 55.9 cm³/mol. The monoisotopic (exact) mass is 192 g/mol. The lowest BCUT2D eigenvalue weighted by atomic mass is 9.95. The Morgan fingerprint density at radius 1 is 1.29 bits per heavy atom. The van der Waals surface area contributed by atoms with Crippen molar-refractivity contribution >= 4 is 0 Å². The summed E-state index contributed by atoms with van der Waals surface area (Å²) in [7, 11) is 0. The zero-order valence-electron chi connectivity index (χ0n) is 8.61. The predicted octanol–water partition coefficient (Wildman–Crippen LogP) is 1.35. The van der Waals surface area contributed by atoms with Crippen molar-refractivity contribution in [1.82, 2.24) is 0 Å². The van der Waals surface area contributed by atoms with E-state index in [2.05, 4.69) is 18.2 Å². The lowest BCUT2D eigenvalue weighted by Gasteiger charge is -2.37. The second kappa shape index (κ2) is 3.21. The number of fused-ring (bicyclic) bond motifs is 1. The quantitative estimate of drug-likeness (QED) is 0.526. The molecule has 3 aliphatic rings. The lowest BCUT2D eigenvalue weighted by Crippen LogP contribution is -2.53. The number of hydrogen-bond donors (Lipinski definition) is 0. The Morgan fingerprint density at radius 3 is 2.93 bits per heavy atom. The summed E-state index contributed by atoms with van der Waals surface area (Å²) in [5.74, 6) is 0.845. The third kappa shape index (κ3) is 1.33. The van der Waals surface area contributed by atoms with E-state index in [9.17, 15) is 0 Å². The van der Waals surface area contributed by atoms with Crippen LogP contribution in [0.5, 0.6) is 0 Å². The van der Waals surface area contributed by atoms with E-state index in [0.29, 0.717) is 0 Å². The van der Waals surface area contributed by atoms with Gasteiger partial charge < -0.3 is 9.22 Å². The van der Waals surface area contributed by atoms with Crippen LogP contribution in [-0.2, 0) is 4.74 Å². The van der Waals surface area contributed by atoms with Crippen molar-refractivity contribution in [3.05, 3.63) is 23.8 Å². The molecule has 0 amide bonds. The molecule has 2 aliphatic heterocycles. The average Bonchev–Trinajstić information content (AvgIpc) is 2.56. The zero-order chi connectivity index (χ0) is 9.43. The normalized spacial score (nSPS) is 34.3. The molecule has 0 unspecified atom stereocenters. The van der Waals surface area contributed by atoms with Crippen LogP contribution in [0.1, 0.15) is 6.42 Å². The summed E-state index contributed by atoms with van der Waals surface area (Å²) < 4.78 is 6.76. The van der Waals surface area contributed by atoms with Crippen molar-refractivity contribution in [3.8, 4) is 0 Å². The molecule has 0 saturated carbocycles. The van der Waals surface area contributed by atoms with Gasteiger partial charge in [0.05, 0.1) is 19.8 Å². The van der Waals surface area contributed by atoms with Crippen LogP contribution in [0.3, 0.4) is 0 Å². The van der Waals surface area contributed by atoms with E-state index in [4.69, 9.17) is 4.74 Å². The molecule has 0 aromatic carbocycles. The molecule has 2 heteroatoms. The van der Waals surface area contributed by atoms with Crippen molar-refractivity contribution in [2.75, 3.05) is 39.4 Å². The molecule has 76 valence electrons. The van der Waals surface area contributed by atoms with Crippen molar-refractivity contribution in [1.29, 1.82) is 0 Å². The first-order valence-corrected chi connectivity index (χ1v) is 5.66. The van der Waals surface area contributed by atoms with E-state index in [1.54, 1.807) is 5.57 Å². The van der Waals surface area contributed by atoms with Gasteiger partial charge in [0.25, 0.3) is 0 Å². The van der Waals surface area contributed by atoms with Gasteiger partial charge in [-0.1, -0.05) is 18.2 Å². The molecule has 2 nitrogen and oxygen atoms in total. The topological polar surface area (TPSA) is 9.23 Å². The van der Waals surface area contributed by atoms with E-state index in [1.807, 2.05) is 0 Å². The smallest absolute Gasteiger partial charge is 0.103 e. The van der Waals surface area contributed by atoms with Crippen LogP contribution in [0.15, 0.2) is 23.8 Å². The maximum atomic E-state index is 5.46. The van der Waals surface area contributed by atoms with Crippen molar-refractivity contribution in [2.24, 2.45) is 5.92 Å². The molecule has 1 spiro atoms. The third-order valence-electron chi connectivity index (χ3n) is 3.94. The van der Waals surface area contributed by atoms with Crippen LogP contribution in [0, 0.1) is 5.92 Å². The number of allylic oxidation sites excluding steroid dienone is 3. The van der Waals surface area contributed by atoms with Gasteiger partial charge in [0, 0.05) is 5.92 Å². The van der Waals surface area contributed by atoms with Crippen LogP contribution >= 0.6 is 0 Å². The molecule has 0 N–H and O–H groups in total. The van der Waals surface area contributed by atoms with Crippen molar-refractivity contribution in [2.45, 2.75) is 6.42 Å². The van der Waals surface area contributed by atoms with Gasteiger partial charge in [-0.3, -0.25) is 0 Å². The Labute approximate surface area is 85.4 Å². The Balaban J connectivity index is 1.80. The maximum absolute atomic E-state index is 5.46. The number of morpholine rings is 1. The van der Waals surface area contributed by atoms with Crippen LogP contribution in [-0.4, -0.2) is 43.9 Å². The van der Waals surface area contributed by atoms with Crippen LogP contribution in [0.25, 0.3) is 0 Å². The standard InChI is InChI=1S/C12H18NO/c1-2-4-12-10-13(9-11(12)3-1)5-7-14-8-6-13/h1-3,12H,4-10H2/q+1/t12-/m0/s1. The van der Waals surface area contributed by atoms with Gasteiger partial charge in [0.2, 0.25) is 0 Å². The highest BCUT2D eigenvalue weighted by atomic mass is 16.5. The molecule has 14 heavy (non-hydrogen) atoms. The van der Waals surface area contributed by atoms with Gasteiger partial charge in [-0.25, -0.2) is 0 Å². The molecule has 1 aliphatic carbocycles. The van der Waals surface area contributed by atoms with Gasteiger partial charge in [-0.15, -0.1) is 0 Å². The average molecular weight is 192 g/mol. The third-order valence-corrected chi connectivity index (χ3v) is 3.94. The fourth-order valence-corrected chi connectivity index (χ4v) is 3.09. The van der Waals surface area contributed by atoms with Crippen molar-refractivity contribution in [3.63, 3.8) is 0 Å². The summed E-state index contributed by atoms with van der Waals surface area (Å²) in [6, 6.07) is 0. The second-order valence-corrected chi connectivity index (χ2v) is 4.84. The van der Waals surface area contributed by atoms with E-state index < -0.39 is 0 Å². The summed E-state index contributed by atoms with van der Waals surface area (Å²) in [5.41, 5.74) is 1.69. The molecule has 2 fully saturated rings. The minimum atomic E-state index is 0.845. The lowest BCUT2D eigenvalue weighted by molar-refractivity contribution is -0.923. The summed E-state index contributed by atoms with van der Waals surface area (Å²) >= 11 is 0. The molecule has 2 saturated heterocycles. The molecule has 1 atom stereocenters. The second-order valence-electron chi connectivity index (χ2n) is 4.84. The number of quaternary nitrogens is 1.